The lowest BCUT2D eigenvalue weighted by molar-refractivity contribution is 0.532. The van der Waals surface area contributed by atoms with E-state index in [0.29, 0.717) is 0 Å². The molecule has 1 aliphatic heterocycles. The highest BCUT2D eigenvalue weighted by Gasteiger charge is 2.30. The van der Waals surface area contributed by atoms with Crippen LogP contribution in [0.15, 0.2) is 0 Å². The summed E-state index contributed by atoms with van der Waals surface area (Å²) in [6.45, 7) is 0. The van der Waals surface area contributed by atoms with Crippen LogP contribution in [0, 0.1) is 0 Å². The SMILES string of the molecule is C1CCC2SCSC2C1. The first-order valence-corrected chi connectivity index (χ1v) is 5.80. The number of fused-ring (bicyclic) bond motifs is 1. The van der Waals surface area contributed by atoms with Crippen LogP contribution in [-0.4, -0.2) is 15.6 Å². The van der Waals surface area contributed by atoms with Gasteiger partial charge in [-0.3, -0.25) is 0 Å². The van der Waals surface area contributed by atoms with Crippen molar-refractivity contribution in [3.05, 3.63) is 0 Å². The van der Waals surface area contributed by atoms with Crippen molar-refractivity contribution in [2.24, 2.45) is 0 Å². The monoisotopic (exact) mass is 160 g/mol. The molecule has 1 aliphatic carbocycles. The van der Waals surface area contributed by atoms with E-state index < -0.39 is 0 Å². The van der Waals surface area contributed by atoms with Crippen LogP contribution in [0.25, 0.3) is 0 Å². The fraction of sp³-hybridized carbons (Fsp3) is 1.00. The maximum atomic E-state index is 2.19. The molecule has 1 saturated heterocycles. The summed E-state index contributed by atoms with van der Waals surface area (Å²) in [7, 11) is 0. The maximum Gasteiger partial charge on any atom is 0.0398 e. The molecule has 0 bridgehead atoms. The van der Waals surface area contributed by atoms with Crippen molar-refractivity contribution < 1.29 is 0 Å². The minimum atomic E-state index is 1.05. The van der Waals surface area contributed by atoms with E-state index in [2.05, 4.69) is 23.5 Å². The van der Waals surface area contributed by atoms with Crippen LogP contribution in [0.2, 0.25) is 0 Å². The lowest BCUT2D eigenvalue weighted by atomic mass is 10.00. The number of rotatable bonds is 0. The van der Waals surface area contributed by atoms with Gasteiger partial charge in [-0.2, -0.15) is 0 Å². The lowest BCUT2D eigenvalue weighted by Gasteiger charge is -2.22. The molecule has 2 heteroatoms. The van der Waals surface area contributed by atoms with Crippen LogP contribution < -0.4 is 0 Å². The summed E-state index contributed by atoms with van der Waals surface area (Å²) in [5.41, 5.74) is 0. The fourth-order valence-corrected chi connectivity index (χ4v) is 5.21. The number of thioether (sulfide) groups is 2. The first kappa shape index (κ1) is 6.41. The average Bonchev–Trinajstić information content (AvgIpc) is 2.33. The molecule has 1 saturated carbocycles. The third-order valence-corrected chi connectivity index (χ3v) is 5.45. The third kappa shape index (κ3) is 1.25. The van der Waals surface area contributed by atoms with E-state index in [-0.39, 0.29) is 0 Å². The second-order valence-corrected chi connectivity index (χ2v) is 5.63. The van der Waals surface area contributed by atoms with Crippen molar-refractivity contribution in [1.29, 1.82) is 0 Å². The smallest absolute Gasteiger partial charge is 0.0398 e. The summed E-state index contributed by atoms with van der Waals surface area (Å²) in [4.78, 5) is 0. The van der Waals surface area contributed by atoms with Gasteiger partial charge in [-0.1, -0.05) is 12.8 Å². The molecule has 2 rings (SSSR count). The van der Waals surface area contributed by atoms with Crippen molar-refractivity contribution >= 4 is 23.5 Å². The average molecular weight is 160 g/mol. The molecule has 0 aromatic carbocycles. The van der Waals surface area contributed by atoms with Crippen molar-refractivity contribution in [2.75, 3.05) is 5.08 Å². The van der Waals surface area contributed by atoms with Crippen LogP contribution in [0.3, 0.4) is 0 Å². The van der Waals surface area contributed by atoms with Gasteiger partial charge in [0.1, 0.15) is 0 Å². The summed E-state index contributed by atoms with van der Waals surface area (Å²) in [6, 6.07) is 0. The van der Waals surface area contributed by atoms with Crippen molar-refractivity contribution in [2.45, 2.75) is 36.2 Å². The van der Waals surface area contributed by atoms with Crippen LogP contribution >= 0.6 is 23.5 Å². The highest BCUT2D eigenvalue weighted by molar-refractivity contribution is 8.19. The van der Waals surface area contributed by atoms with Crippen LogP contribution in [0.4, 0.5) is 0 Å². The molecule has 9 heavy (non-hydrogen) atoms. The molecule has 52 valence electrons. The first-order chi connectivity index (χ1) is 4.47. The molecular weight excluding hydrogens is 148 g/mol. The molecule has 1 heterocycles. The largest absolute Gasteiger partial charge is 0.146 e. The fourth-order valence-electron chi connectivity index (χ4n) is 1.66. The topological polar surface area (TPSA) is 0 Å². The molecule has 0 N–H and O–H groups in total. The Balaban J connectivity index is 1.97. The van der Waals surface area contributed by atoms with Gasteiger partial charge in [-0.25, -0.2) is 0 Å². The molecule has 2 fully saturated rings. The molecule has 0 nitrogen and oxygen atoms in total. The van der Waals surface area contributed by atoms with Crippen molar-refractivity contribution in [3.63, 3.8) is 0 Å². The lowest BCUT2D eigenvalue weighted by Crippen LogP contribution is -2.19. The molecule has 2 atom stereocenters. The third-order valence-electron chi connectivity index (χ3n) is 2.21. The van der Waals surface area contributed by atoms with Crippen molar-refractivity contribution in [3.8, 4) is 0 Å². The molecule has 0 aromatic heterocycles. The van der Waals surface area contributed by atoms with Crippen LogP contribution in [0.5, 0.6) is 0 Å². The number of hydrogen-bond donors (Lipinski definition) is 0. The van der Waals surface area contributed by atoms with E-state index >= 15 is 0 Å². The highest BCUT2D eigenvalue weighted by Crippen LogP contribution is 2.44. The zero-order valence-corrected chi connectivity index (χ0v) is 7.14. The van der Waals surface area contributed by atoms with Gasteiger partial charge in [0.2, 0.25) is 0 Å². The molecule has 0 amide bonds. The van der Waals surface area contributed by atoms with Gasteiger partial charge in [0.25, 0.3) is 0 Å². The second-order valence-electron chi connectivity index (χ2n) is 2.81. The highest BCUT2D eigenvalue weighted by atomic mass is 32.2. The van der Waals surface area contributed by atoms with Gasteiger partial charge in [0.05, 0.1) is 0 Å². The molecular formula is C7H12S2. The predicted molar refractivity (Wildman–Crippen MR) is 46.1 cm³/mol. The van der Waals surface area contributed by atoms with Gasteiger partial charge in [0, 0.05) is 15.6 Å². The Morgan fingerprint density at radius 2 is 1.44 bits per heavy atom. The van der Waals surface area contributed by atoms with Gasteiger partial charge in [-0.05, 0) is 12.8 Å². The van der Waals surface area contributed by atoms with E-state index in [1.807, 2.05) is 0 Å². The zero-order chi connectivity index (χ0) is 6.10. The van der Waals surface area contributed by atoms with Crippen LogP contribution in [-0.2, 0) is 0 Å². The Morgan fingerprint density at radius 1 is 0.889 bits per heavy atom. The Hall–Kier alpha value is 0.700. The van der Waals surface area contributed by atoms with Gasteiger partial charge < -0.3 is 0 Å². The van der Waals surface area contributed by atoms with Crippen molar-refractivity contribution in [1.82, 2.24) is 0 Å². The standard InChI is InChI=1S/C7H12S2/c1-2-4-7-6(3-1)8-5-9-7/h6-7H,1-5H2. The summed E-state index contributed by atoms with van der Waals surface area (Å²) in [5.74, 6) is 0. The molecule has 2 unspecified atom stereocenters. The van der Waals surface area contributed by atoms with E-state index in [1.54, 1.807) is 0 Å². The van der Waals surface area contributed by atoms with Gasteiger partial charge in [-0.15, -0.1) is 23.5 Å². The van der Waals surface area contributed by atoms with Crippen LogP contribution in [0.1, 0.15) is 25.7 Å². The zero-order valence-electron chi connectivity index (χ0n) is 5.51. The normalized spacial score (nSPS) is 42.7. The van der Waals surface area contributed by atoms with E-state index in [0.717, 1.165) is 10.5 Å². The predicted octanol–water partition coefficient (Wildman–Crippen LogP) is 2.74. The minimum absolute atomic E-state index is 1.05. The molecule has 2 aliphatic rings. The van der Waals surface area contributed by atoms with E-state index in [4.69, 9.17) is 0 Å². The molecule has 0 aromatic rings. The molecule has 0 radical (unpaired) electrons. The first-order valence-electron chi connectivity index (χ1n) is 3.70. The molecule has 0 spiro atoms. The summed E-state index contributed by atoms with van der Waals surface area (Å²) < 4.78 is 0. The Morgan fingerprint density at radius 3 is 2.00 bits per heavy atom. The summed E-state index contributed by atoms with van der Waals surface area (Å²) >= 11 is 4.38. The number of hydrogen-bond acceptors (Lipinski definition) is 2. The Kier molecular flexibility index (Phi) is 1.96. The van der Waals surface area contributed by atoms with E-state index in [9.17, 15) is 0 Å². The second kappa shape index (κ2) is 2.75. The minimum Gasteiger partial charge on any atom is -0.146 e. The Labute approximate surface area is 65.2 Å². The quantitative estimate of drug-likeness (QED) is 0.534. The summed E-state index contributed by atoms with van der Waals surface area (Å²) in [5, 5.41) is 3.46. The Bertz CT molecular complexity index is 91.1. The van der Waals surface area contributed by atoms with E-state index in [1.165, 1.54) is 30.8 Å². The van der Waals surface area contributed by atoms with Gasteiger partial charge in [0.15, 0.2) is 0 Å². The summed E-state index contributed by atoms with van der Waals surface area (Å²) in [6.07, 6.45) is 5.99. The maximum absolute atomic E-state index is 2.19. The van der Waals surface area contributed by atoms with Gasteiger partial charge >= 0.3 is 0 Å².